The van der Waals surface area contributed by atoms with Crippen molar-refractivity contribution >= 4 is 10.8 Å². The van der Waals surface area contributed by atoms with Crippen LogP contribution in [0.4, 0.5) is 0 Å². The molecule has 0 radical (unpaired) electrons. The third-order valence-corrected chi connectivity index (χ3v) is 4.67. The highest BCUT2D eigenvalue weighted by atomic mass is 16.5. The molecular weight excluding hydrogens is 298 g/mol. The molecular formula is C21H23NO2. The van der Waals surface area contributed by atoms with Crippen molar-refractivity contribution in [1.29, 1.82) is 0 Å². The van der Waals surface area contributed by atoms with Crippen LogP contribution in [0.3, 0.4) is 0 Å². The molecule has 3 aromatic rings. The van der Waals surface area contributed by atoms with E-state index in [1.807, 2.05) is 32.0 Å². The van der Waals surface area contributed by atoms with E-state index in [2.05, 4.69) is 31.0 Å². The van der Waals surface area contributed by atoms with E-state index in [1.54, 1.807) is 13.3 Å². The Bertz CT molecular complexity index is 892. The first kappa shape index (κ1) is 16.5. The fraction of sp³-hybridized carbons (Fsp3) is 0.286. The number of aliphatic hydroxyl groups is 1. The number of aryl methyl sites for hydroxylation is 4. The van der Waals surface area contributed by atoms with Crippen LogP contribution >= 0.6 is 0 Å². The summed E-state index contributed by atoms with van der Waals surface area (Å²) >= 11 is 0. The highest BCUT2D eigenvalue weighted by Gasteiger charge is 2.18. The summed E-state index contributed by atoms with van der Waals surface area (Å²) in [6.45, 7) is 8.17. The predicted octanol–water partition coefficient (Wildman–Crippen LogP) is 4.56. The van der Waals surface area contributed by atoms with Gasteiger partial charge in [0.05, 0.1) is 12.8 Å². The summed E-state index contributed by atoms with van der Waals surface area (Å²) < 4.78 is 5.42. The number of fused-ring (bicyclic) bond motifs is 1. The van der Waals surface area contributed by atoms with Crippen LogP contribution in [-0.4, -0.2) is 17.2 Å². The first-order valence-corrected chi connectivity index (χ1v) is 8.11. The molecule has 1 N–H and O–H groups in total. The highest BCUT2D eigenvalue weighted by Crippen LogP contribution is 2.32. The Labute approximate surface area is 142 Å². The Kier molecular flexibility index (Phi) is 4.29. The van der Waals surface area contributed by atoms with Crippen molar-refractivity contribution in [3.8, 4) is 5.75 Å². The summed E-state index contributed by atoms with van der Waals surface area (Å²) in [5.41, 5.74) is 6.00. The number of hydrogen-bond donors (Lipinski definition) is 1. The molecule has 1 atom stereocenters. The molecule has 1 aromatic heterocycles. The molecule has 0 spiro atoms. The van der Waals surface area contributed by atoms with Crippen molar-refractivity contribution in [1.82, 2.24) is 4.98 Å². The maximum absolute atomic E-state index is 11.0. The SMILES string of the molecule is COc1c(C)cc(C(O)c2nccc3cc(C)c(C)cc23)cc1C. The van der Waals surface area contributed by atoms with E-state index in [0.29, 0.717) is 5.69 Å². The lowest BCUT2D eigenvalue weighted by atomic mass is 9.95. The molecule has 0 aliphatic carbocycles. The number of nitrogens with zero attached hydrogens (tertiary/aromatic N) is 1. The number of methoxy groups -OCH3 is 1. The molecule has 0 bridgehead atoms. The predicted molar refractivity (Wildman–Crippen MR) is 97.7 cm³/mol. The third-order valence-electron chi connectivity index (χ3n) is 4.67. The van der Waals surface area contributed by atoms with E-state index in [4.69, 9.17) is 4.74 Å². The van der Waals surface area contributed by atoms with Gasteiger partial charge in [-0.1, -0.05) is 6.07 Å². The summed E-state index contributed by atoms with van der Waals surface area (Å²) in [6, 6.07) is 10.2. The maximum atomic E-state index is 11.0. The lowest BCUT2D eigenvalue weighted by molar-refractivity contribution is 0.217. The quantitative estimate of drug-likeness (QED) is 0.769. The number of benzene rings is 2. The van der Waals surface area contributed by atoms with Crippen molar-refractivity contribution in [2.45, 2.75) is 33.8 Å². The van der Waals surface area contributed by atoms with E-state index in [9.17, 15) is 5.11 Å². The van der Waals surface area contributed by atoms with E-state index in [0.717, 1.165) is 33.2 Å². The van der Waals surface area contributed by atoms with E-state index in [-0.39, 0.29) is 0 Å². The number of aromatic nitrogens is 1. The molecule has 0 saturated heterocycles. The van der Waals surface area contributed by atoms with Gasteiger partial charge in [0.1, 0.15) is 11.9 Å². The van der Waals surface area contributed by atoms with E-state index in [1.165, 1.54) is 11.1 Å². The highest BCUT2D eigenvalue weighted by molar-refractivity contribution is 5.86. The molecule has 3 heteroatoms. The molecule has 24 heavy (non-hydrogen) atoms. The first-order chi connectivity index (χ1) is 11.4. The Hall–Kier alpha value is -2.39. The fourth-order valence-electron chi connectivity index (χ4n) is 3.31. The largest absolute Gasteiger partial charge is 0.496 e. The maximum Gasteiger partial charge on any atom is 0.124 e. The van der Waals surface area contributed by atoms with Gasteiger partial charge < -0.3 is 9.84 Å². The molecule has 3 nitrogen and oxygen atoms in total. The van der Waals surface area contributed by atoms with Gasteiger partial charge in [-0.2, -0.15) is 0 Å². The normalized spacial score (nSPS) is 12.4. The van der Waals surface area contributed by atoms with Crippen LogP contribution in [0.2, 0.25) is 0 Å². The van der Waals surface area contributed by atoms with Crippen molar-refractivity contribution in [2.24, 2.45) is 0 Å². The van der Waals surface area contributed by atoms with E-state index < -0.39 is 6.10 Å². The summed E-state index contributed by atoms with van der Waals surface area (Å²) in [5.74, 6) is 0.864. The third kappa shape index (κ3) is 2.76. The van der Waals surface area contributed by atoms with Gasteiger partial charge in [0, 0.05) is 11.6 Å². The van der Waals surface area contributed by atoms with Crippen molar-refractivity contribution in [3.63, 3.8) is 0 Å². The summed E-state index contributed by atoms with van der Waals surface area (Å²) in [5, 5.41) is 13.1. The molecule has 1 heterocycles. The Morgan fingerprint density at radius 1 is 0.917 bits per heavy atom. The van der Waals surface area contributed by atoms with Gasteiger partial charge in [0.2, 0.25) is 0 Å². The zero-order chi connectivity index (χ0) is 17.4. The van der Waals surface area contributed by atoms with Crippen LogP contribution in [0.5, 0.6) is 5.75 Å². The minimum Gasteiger partial charge on any atom is -0.496 e. The minimum atomic E-state index is -0.765. The Morgan fingerprint density at radius 3 is 2.17 bits per heavy atom. The lowest BCUT2D eigenvalue weighted by Gasteiger charge is -2.17. The molecule has 0 aliphatic rings. The average molecular weight is 321 g/mol. The number of pyridine rings is 1. The van der Waals surface area contributed by atoms with Crippen LogP contribution in [-0.2, 0) is 0 Å². The van der Waals surface area contributed by atoms with Gasteiger partial charge in [0.25, 0.3) is 0 Å². The fourth-order valence-corrected chi connectivity index (χ4v) is 3.31. The number of rotatable bonds is 3. The van der Waals surface area contributed by atoms with Gasteiger partial charge in [-0.25, -0.2) is 0 Å². The molecule has 0 amide bonds. The van der Waals surface area contributed by atoms with Gasteiger partial charge >= 0.3 is 0 Å². The molecule has 0 saturated carbocycles. The summed E-state index contributed by atoms with van der Waals surface area (Å²) in [4.78, 5) is 4.47. The topological polar surface area (TPSA) is 42.4 Å². The number of ether oxygens (including phenoxy) is 1. The van der Waals surface area contributed by atoms with Crippen LogP contribution in [0.15, 0.2) is 36.5 Å². The second kappa shape index (κ2) is 6.25. The second-order valence-corrected chi connectivity index (χ2v) is 6.44. The van der Waals surface area contributed by atoms with Crippen LogP contribution in [0.1, 0.15) is 39.6 Å². The van der Waals surface area contributed by atoms with Crippen LogP contribution in [0.25, 0.3) is 10.8 Å². The van der Waals surface area contributed by atoms with Crippen molar-refractivity contribution in [2.75, 3.05) is 7.11 Å². The van der Waals surface area contributed by atoms with Crippen molar-refractivity contribution in [3.05, 3.63) is 70.0 Å². The van der Waals surface area contributed by atoms with Gasteiger partial charge in [0.15, 0.2) is 0 Å². The lowest BCUT2D eigenvalue weighted by Crippen LogP contribution is -2.05. The van der Waals surface area contributed by atoms with Crippen LogP contribution in [0, 0.1) is 27.7 Å². The van der Waals surface area contributed by atoms with E-state index >= 15 is 0 Å². The summed E-state index contributed by atoms with van der Waals surface area (Å²) in [7, 11) is 1.67. The zero-order valence-electron chi connectivity index (χ0n) is 14.8. The molecule has 2 aromatic carbocycles. The molecule has 0 fully saturated rings. The second-order valence-electron chi connectivity index (χ2n) is 6.44. The number of hydrogen-bond acceptors (Lipinski definition) is 3. The molecule has 124 valence electrons. The van der Waals surface area contributed by atoms with Crippen molar-refractivity contribution < 1.29 is 9.84 Å². The van der Waals surface area contributed by atoms with Gasteiger partial charge in [-0.05, 0) is 85.2 Å². The first-order valence-electron chi connectivity index (χ1n) is 8.11. The van der Waals surface area contributed by atoms with Gasteiger partial charge in [-0.15, -0.1) is 0 Å². The monoisotopic (exact) mass is 321 g/mol. The minimum absolute atomic E-state index is 0.694. The Morgan fingerprint density at radius 2 is 1.54 bits per heavy atom. The standard InChI is InChI=1S/C21H23NO2/c1-12-8-16-6-7-22-19(18(16)11-13(12)2)20(23)17-9-14(3)21(24-5)15(4)10-17/h6-11,20,23H,1-5H3. The number of aliphatic hydroxyl groups excluding tert-OH is 1. The molecule has 1 unspecified atom stereocenters. The smallest absolute Gasteiger partial charge is 0.124 e. The Balaban J connectivity index is 2.15. The molecule has 3 rings (SSSR count). The van der Waals surface area contributed by atoms with Gasteiger partial charge in [-0.3, -0.25) is 4.98 Å². The summed E-state index contributed by atoms with van der Waals surface area (Å²) in [6.07, 6.45) is 0.998. The zero-order valence-corrected chi connectivity index (χ0v) is 14.8. The molecule has 0 aliphatic heterocycles. The van der Waals surface area contributed by atoms with Crippen LogP contribution < -0.4 is 4.74 Å². The average Bonchev–Trinajstić information content (AvgIpc) is 2.54.